The molecule has 0 amide bonds. The Balaban J connectivity index is 0. The summed E-state index contributed by atoms with van der Waals surface area (Å²) in [4.78, 5) is 10.3. The second-order valence-corrected chi connectivity index (χ2v) is 10.7. The minimum absolute atomic E-state index is 0.324. The van der Waals surface area contributed by atoms with Gasteiger partial charge in [-0.1, -0.05) is 133 Å². The fraction of sp³-hybridized carbons (Fsp3) is 0.750. The summed E-state index contributed by atoms with van der Waals surface area (Å²) in [6, 6.07) is 0. The maximum atomic E-state index is 10.3. The first-order chi connectivity index (χ1) is 19.2. The summed E-state index contributed by atoms with van der Waals surface area (Å²) in [6.45, 7) is 4.84. The molecule has 228 valence electrons. The lowest BCUT2D eigenvalue weighted by atomic mass is 10.1. The van der Waals surface area contributed by atoms with Crippen LogP contribution in [0.1, 0.15) is 168 Å². The van der Waals surface area contributed by atoms with Gasteiger partial charge in [-0.2, -0.15) is 0 Å². The van der Waals surface area contributed by atoms with Gasteiger partial charge >= 0.3 is 5.97 Å². The van der Waals surface area contributed by atoms with Crippen molar-refractivity contribution >= 4 is 5.97 Å². The van der Waals surface area contributed by atoms with E-state index in [0.717, 1.165) is 38.5 Å². The lowest BCUT2D eigenvalue weighted by Gasteiger charge is -1.98. The Morgan fingerprint density at radius 2 is 0.795 bits per heavy atom. The number of carboxylic acid groups (broad SMARTS) is 1. The van der Waals surface area contributed by atoms with Gasteiger partial charge in [0.1, 0.15) is 0 Å². The van der Waals surface area contributed by atoms with E-state index in [9.17, 15) is 4.79 Å². The van der Waals surface area contributed by atoms with Crippen LogP contribution in [0.2, 0.25) is 0 Å². The molecule has 0 rings (SSSR count). The molecule has 0 aliphatic heterocycles. The van der Waals surface area contributed by atoms with Gasteiger partial charge in [0.2, 0.25) is 0 Å². The zero-order valence-corrected chi connectivity index (χ0v) is 26.1. The monoisotopic (exact) mass is 547 g/mol. The van der Waals surface area contributed by atoms with Gasteiger partial charge in [0.15, 0.2) is 0 Å². The predicted molar refractivity (Wildman–Crippen MR) is 173 cm³/mol. The van der Waals surface area contributed by atoms with E-state index in [4.69, 9.17) is 10.2 Å². The number of hydrogen-bond donors (Lipinski definition) is 2. The number of carbonyl (C=O) groups is 1. The third-order valence-electron chi connectivity index (χ3n) is 6.70. The highest BCUT2D eigenvalue weighted by Crippen LogP contribution is 2.09. The van der Waals surface area contributed by atoms with E-state index in [0.29, 0.717) is 13.0 Å². The van der Waals surface area contributed by atoms with Gasteiger partial charge in [-0.05, 0) is 77.0 Å². The minimum atomic E-state index is -0.671. The van der Waals surface area contributed by atoms with E-state index < -0.39 is 5.97 Å². The Morgan fingerprint density at radius 3 is 1.15 bits per heavy atom. The molecule has 0 saturated carbocycles. The van der Waals surface area contributed by atoms with Gasteiger partial charge in [0.25, 0.3) is 0 Å². The fourth-order valence-electron chi connectivity index (χ4n) is 4.19. The largest absolute Gasteiger partial charge is 0.481 e. The number of allylic oxidation sites excluding steroid dienone is 8. The van der Waals surface area contributed by atoms with Crippen LogP contribution >= 0.6 is 0 Å². The van der Waals surface area contributed by atoms with E-state index in [1.54, 1.807) is 0 Å². The first kappa shape index (κ1) is 39.5. The normalized spacial score (nSPS) is 11.8. The van der Waals surface area contributed by atoms with Crippen molar-refractivity contribution in [3.8, 4) is 0 Å². The SMILES string of the molecule is CCCCC/C=C\C/C=C\CCCCCCCC(=O)O.CCCCC/C=C\C/C=C\CCCCCCCCO. The average Bonchev–Trinajstić information content (AvgIpc) is 2.93. The molecule has 0 unspecified atom stereocenters. The second-order valence-electron chi connectivity index (χ2n) is 10.7. The topological polar surface area (TPSA) is 57.5 Å². The average molecular weight is 547 g/mol. The van der Waals surface area contributed by atoms with Crippen LogP contribution in [0.4, 0.5) is 0 Å². The molecule has 0 atom stereocenters. The highest BCUT2D eigenvalue weighted by molar-refractivity contribution is 5.66. The van der Waals surface area contributed by atoms with Crippen LogP contribution in [0.15, 0.2) is 48.6 Å². The van der Waals surface area contributed by atoms with E-state index in [2.05, 4.69) is 62.5 Å². The summed E-state index contributed by atoms with van der Waals surface area (Å²) in [5, 5.41) is 17.2. The molecule has 0 spiro atoms. The number of rotatable bonds is 28. The summed E-state index contributed by atoms with van der Waals surface area (Å²) < 4.78 is 0. The number of aliphatic hydroxyl groups is 1. The third kappa shape index (κ3) is 43.7. The van der Waals surface area contributed by atoms with Gasteiger partial charge in [0.05, 0.1) is 0 Å². The van der Waals surface area contributed by atoms with Crippen molar-refractivity contribution in [3.63, 3.8) is 0 Å². The number of aliphatic carboxylic acids is 1. The van der Waals surface area contributed by atoms with Gasteiger partial charge in [-0.15, -0.1) is 0 Å². The lowest BCUT2D eigenvalue weighted by Crippen LogP contribution is -1.93. The first-order valence-electron chi connectivity index (χ1n) is 16.6. The van der Waals surface area contributed by atoms with Crippen molar-refractivity contribution in [2.45, 2.75) is 168 Å². The van der Waals surface area contributed by atoms with Gasteiger partial charge < -0.3 is 10.2 Å². The van der Waals surface area contributed by atoms with Crippen LogP contribution < -0.4 is 0 Å². The molecule has 0 radical (unpaired) electrons. The molecule has 39 heavy (non-hydrogen) atoms. The third-order valence-corrected chi connectivity index (χ3v) is 6.70. The Kier molecular flexibility index (Phi) is 39.1. The van der Waals surface area contributed by atoms with E-state index in [-0.39, 0.29) is 0 Å². The molecule has 0 bridgehead atoms. The van der Waals surface area contributed by atoms with Crippen molar-refractivity contribution in [1.29, 1.82) is 0 Å². The summed E-state index contributed by atoms with van der Waals surface area (Å²) in [5.41, 5.74) is 0. The summed E-state index contributed by atoms with van der Waals surface area (Å²) in [6.07, 6.45) is 46.5. The number of unbranched alkanes of at least 4 members (excludes halogenated alkanes) is 17. The standard InChI is InChI=1S/C18H32O2.C18H34O/c1-2-3-4-5-6-7-8-9-10-11-12-13-14-15-16-17-18(19)20;1-2-3-4-5-6-7-8-9-10-11-12-13-14-15-16-17-18-19/h6-7,9-10H,2-5,8,11-17H2,1H3,(H,19,20);6-7,9-10,19H,2-5,8,11-18H2,1H3/b2*7-6-,10-9-. The maximum absolute atomic E-state index is 10.3. The number of hydrogen-bond acceptors (Lipinski definition) is 2. The van der Waals surface area contributed by atoms with E-state index >= 15 is 0 Å². The van der Waals surface area contributed by atoms with Gasteiger partial charge in [-0.3, -0.25) is 4.79 Å². The summed E-state index contributed by atoms with van der Waals surface area (Å²) in [5.74, 6) is -0.671. The molecule has 3 nitrogen and oxygen atoms in total. The van der Waals surface area contributed by atoms with Crippen LogP contribution in [0.3, 0.4) is 0 Å². The molecule has 0 aromatic carbocycles. The molecule has 0 fully saturated rings. The quantitative estimate of drug-likeness (QED) is 0.0757. The highest BCUT2D eigenvalue weighted by Gasteiger charge is 1.95. The molecule has 0 aliphatic rings. The molecule has 0 aliphatic carbocycles. The summed E-state index contributed by atoms with van der Waals surface area (Å²) in [7, 11) is 0. The van der Waals surface area contributed by atoms with Crippen molar-refractivity contribution < 1.29 is 15.0 Å². The van der Waals surface area contributed by atoms with E-state index in [1.165, 1.54) is 109 Å². The number of carboxylic acids is 1. The van der Waals surface area contributed by atoms with Crippen molar-refractivity contribution in [2.24, 2.45) is 0 Å². The molecular weight excluding hydrogens is 480 g/mol. The zero-order valence-electron chi connectivity index (χ0n) is 26.1. The van der Waals surface area contributed by atoms with Gasteiger partial charge in [-0.25, -0.2) is 0 Å². The predicted octanol–water partition coefficient (Wildman–Crippen LogP) is 11.7. The molecule has 0 heterocycles. The highest BCUT2D eigenvalue weighted by atomic mass is 16.4. The van der Waals surface area contributed by atoms with Crippen molar-refractivity contribution in [2.75, 3.05) is 6.61 Å². The van der Waals surface area contributed by atoms with Crippen molar-refractivity contribution in [1.82, 2.24) is 0 Å². The summed E-state index contributed by atoms with van der Waals surface area (Å²) >= 11 is 0. The lowest BCUT2D eigenvalue weighted by molar-refractivity contribution is -0.137. The Labute approximate surface area is 244 Å². The molecular formula is C36H66O3. The Bertz CT molecular complexity index is 574. The van der Waals surface area contributed by atoms with Crippen LogP contribution in [-0.2, 0) is 4.79 Å². The fourth-order valence-corrected chi connectivity index (χ4v) is 4.19. The second kappa shape index (κ2) is 38.5. The van der Waals surface area contributed by atoms with Crippen molar-refractivity contribution in [3.05, 3.63) is 48.6 Å². The number of aliphatic hydroxyl groups excluding tert-OH is 1. The van der Waals surface area contributed by atoms with Crippen LogP contribution in [-0.4, -0.2) is 22.8 Å². The Hall–Kier alpha value is -1.61. The van der Waals surface area contributed by atoms with Crippen LogP contribution in [0.5, 0.6) is 0 Å². The smallest absolute Gasteiger partial charge is 0.303 e. The molecule has 0 aromatic heterocycles. The molecule has 0 saturated heterocycles. The molecule has 3 heteroatoms. The molecule has 0 aromatic rings. The molecule has 2 N–H and O–H groups in total. The van der Waals surface area contributed by atoms with Gasteiger partial charge in [0, 0.05) is 13.0 Å². The zero-order chi connectivity index (χ0) is 28.9. The first-order valence-corrected chi connectivity index (χ1v) is 16.6. The maximum Gasteiger partial charge on any atom is 0.303 e. The van der Waals surface area contributed by atoms with Crippen LogP contribution in [0.25, 0.3) is 0 Å². The minimum Gasteiger partial charge on any atom is -0.481 e. The van der Waals surface area contributed by atoms with E-state index in [1.807, 2.05) is 0 Å². The Morgan fingerprint density at radius 1 is 0.462 bits per heavy atom. The van der Waals surface area contributed by atoms with Crippen LogP contribution in [0, 0.1) is 0 Å².